The SMILES string of the molecule is NC1=C(C=Nc2ccc(F)cc2)CN(CCCCOc2ccc3c(c2)NC(=O)CC3)CC1. The zero-order chi connectivity index (χ0) is 22.3. The molecule has 32 heavy (non-hydrogen) atoms. The molecule has 0 spiro atoms. The molecule has 0 unspecified atom stereocenters. The monoisotopic (exact) mass is 436 g/mol. The number of fused-ring (bicyclic) bond motifs is 1. The van der Waals surface area contributed by atoms with Crippen molar-refractivity contribution in [3.05, 3.63) is 65.1 Å². The number of halogens is 1. The van der Waals surface area contributed by atoms with Gasteiger partial charge in [0.05, 0.1) is 12.3 Å². The minimum Gasteiger partial charge on any atom is -0.494 e. The zero-order valence-corrected chi connectivity index (χ0v) is 18.1. The van der Waals surface area contributed by atoms with E-state index in [-0.39, 0.29) is 11.7 Å². The molecule has 2 aromatic carbocycles. The lowest BCUT2D eigenvalue weighted by atomic mass is 10.0. The topological polar surface area (TPSA) is 79.9 Å². The van der Waals surface area contributed by atoms with Crippen LogP contribution in [0.4, 0.5) is 15.8 Å². The Bertz CT molecular complexity index is 1020. The number of hydrogen-bond donors (Lipinski definition) is 2. The summed E-state index contributed by atoms with van der Waals surface area (Å²) < 4.78 is 18.9. The Morgan fingerprint density at radius 3 is 2.81 bits per heavy atom. The highest BCUT2D eigenvalue weighted by Gasteiger charge is 2.16. The molecule has 0 radical (unpaired) electrons. The van der Waals surface area contributed by atoms with Crippen LogP contribution < -0.4 is 15.8 Å². The van der Waals surface area contributed by atoms with Crippen LogP contribution in [-0.4, -0.2) is 43.3 Å². The summed E-state index contributed by atoms with van der Waals surface area (Å²) in [4.78, 5) is 18.4. The third-order valence-corrected chi connectivity index (χ3v) is 5.81. The lowest BCUT2D eigenvalue weighted by Gasteiger charge is -2.28. The Balaban J connectivity index is 1.20. The highest BCUT2D eigenvalue weighted by molar-refractivity contribution is 5.94. The molecule has 0 bridgehead atoms. The summed E-state index contributed by atoms with van der Waals surface area (Å²) >= 11 is 0. The van der Waals surface area contributed by atoms with E-state index in [0.717, 1.165) is 73.6 Å². The maximum absolute atomic E-state index is 13.0. The normalized spacial score (nSPS) is 16.8. The predicted molar refractivity (Wildman–Crippen MR) is 125 cm³/mol. The largest absolute Gasteiger partial charge is 0.494 e. The number of anilines is 1. The number of rotatable bonds is 8. The first-order valence-corrected chi connectivity index (χ1v) is 11.1. The zero-order valence-electron chi connectivity index (χ0n) is 18.1. The standard InChI is InChI=1S/C25H29FN4O2/c26-20-5-7-21(8-6-20)28-16-19-17-30(13-11-23(19)27)12-1-2-14-32-22-9-3-18-4-10-25(31)29-24(18)15-22/h3,5-9,15-16H,1-2,4,10-14,17,27H2,(H,29,31). The second-order valence-electron chi connectivity index (χ2n) is 8.23. The van der Waals surface area contributed by atoms with E-state index in [9.17, 15) is 9.18 Å². The number of hydrogen-bond acceptors (Lipinski definition) is 5. The number of unbranched alkanes of at least 4 members (excludes halogenated alkanes) is 1. The first kappa shape index (κ1) is 22.0. The van der Waals surface area contributed by atoms with Gasteiger partial charge in [-0.15, -0.1) is 0 Å². The fourth-order valence-corrected chi connectivity index (χ4v) is 3.92. The summed E-state index contributed by atoms with van der Waals surface area (Å²) in [5.41, 5.74) is 10.8. The van der Waals surface area contributed by atoms with Crippen LogP contribution in [0.1, 0.15) is 31.2 Å². The minimum atomic E-state index is -0.270. The fourth-order valence-electron chi connectivity index (χ4n) is 3.92. The van der Waals surface area contributed by atoms with E-state index in [0.29, 0.717) is 18.7 Å². The highest BCUT2D eigenvalue weighted by Crippen LogP contribution is 2.27. The van der Waals surface area contributed by atoms with Crippen molar-refractivity contribution < 1.29 is 13.9 Å². The summed E-state index contributed by atoms with van der Waals surface area (Å²) in [7, 11) is 0. The fraction of sp³-hybridized carbons (Fsp3) is 0.360. The van der Waals surface area contributed by atoms with E-state index < -0.39 is 0 Å². The van der Waals surface area contributed by atoms with Gasteiger partial charge in [0.2, 0.25) is 5.91 Å². The van der Waals surface area contributed by atoms with Gasteiger partial charge < -0.3 is 15.8 Å². The number of aliphatic imine (C=N–C) groups is 1. The van der Waals surface area contributed by atoms with Gasteiger partial charge in [-0.2, -0.15) is 0 Å². The van der Waals surface area contributed by atoms with Crippen LogP contribution in [-0.2, 0) is 11.2 Å². The van der Waals surface area contributed by atoms with Crippen LogP contribution in [0.2, 0.25) is 0 Å². The third-order valence-electron chi connectivity index (χ3n) is 5.81. The van der Waals surface area contributed by atoms with Crippen LogP contribution in [0.15, 0.2) is 58.7 Å². The second kappa shape index (κ2) is 10.4. The summed E-state index contributed by atoms with van der Waals surface area (Å²) in [6, 6.07) is 12.0. The predicted octanol–water partition coefficient (Wildman–Crippen LogP) is 4.19. The Morgan fingerprint density at radius 1 is 1.12 bits per heavy atom. The molecular weight excluding hydrogens is 407 g/mol. The van der Waals surface area contributed by atoms with Gasteiger partial charge in [-0.1, -0.05) is 6.07 Å². The molecule has 7 heteroatoms. The van der Waals surface area contributed by atoms with E-state index in [4.69, 9.17) is 10.5 Å². The maximum atomic E-state index is 13.0. The van der Waals surface area contributed by atoms with E-state index >= 15 is 0 Å². The highest BCUT2D eigenvalue weighted by atomic mass is 19.1. The van der Waals surface area contributed by atoms with Gasteiger partial charge in [0.1, 0.15) is 11.6 Å². The molecular formula is C25H29FN4O2. The van der Waals surface area contributed by atoms with Crippen molar-refractivity contribution in [2.75, 3.05) is 31.6 Å². The molecule has 2 aliphatic rings. The number of aryl methyl sites for hydroxylation is 1. The molecule has 168 valence electrons. The van der Waals surface area contributed by atoms with Gasteiger partial charge in [0.25, 0.3) is 0 Å². The average molecular weight is 437 g/mol. The van der Waals surface area contributed by atoms with Crippen molar-refractivity contribution in [3.63, 3.8) is 0 Å². The Hall–Kier alpha value is -3.19. The number of carbonyl (C=O) groups excluding carboxylic acids is 1. The number of carbonyl (C=O) groups is 1. The van der Waals surface area contributed by atoms with Crippen LogP contribution >= 0.6 is 0 Å². The van der Waals surface area contributed by atoms with Crippen LogP contribution in [0.5, 0.6) is 5.75 Å². The molecule has 0 aliphatic carbocycles. The van der Waals surface area contributed by atoms with E-state index in [2.05, 4.69) is 15.2 Å². The number of nitrogens with one attached hydrogen (secondary N) is 1. The van der Waals surface area contributed by atoms with Crippen molar-refractivity contribution in [2.24, 2.45) is 10.7 Å². The molecule has 0 aromatic heterocycles. The minimum absolute atomic E-state index is 0.0629. The maximum Gasteiger partial charge on any atom is 0.224 e. The van der Waals surface area contributed by atoms with E-state index in [1.807, 2.05) is 18.2 Å². The van der Waals surface area contributed by atoms with Gasteiger partial charge in [-0.05, 0) is 61.7 Å². The van der Waals surface area contributed by atoms with Gasteiger partial charge >= 0.3 is 0 Å². The van der Waals surface area contributed by atoms with Crippen LogP contribution in [0.25, 0.3) is 0 Å². The van der Waals surface area contributed by atoms with Gasteiger partial charge in [-0.25, -0.2) is 4.39 Å². The number of nitrogens with two attached hydrogens (primary N) is 1. The van der Waals surface area contributed by atoms with Crippen molar-refractivity contribution in [2.45, 2.75) is 32.1 Å². The summed E-state index contributed by atoms with van der Waals surface area (Å²) in [5, 5.41) is 2.91. The lowest BCUT2D eigenvalue weighted by molar-refractivity contribution is -0.116. The van der Waals surface area contributed by atoms with Crippen LogP contribution in [0, 0.1) is 5.82 Å². The van der Waals surface area contributed by atoms with Crippen molar-refractivity contribution in [3.8, 4) is 5.75 Å². The smallest absolute Gasteiger partial charge is 0.224 e. The van der Waals surface area contributed by atoms with Crippen molar-refractivity contribution in [1.82, 2.24) is 4.90 Å². The van der Waals surface area contributed by atoms with E-state index in [1.165, 1.54) is 12.1 Å². The molecule has 4 rings (SSSR count). The van der Waals surface area contributed by atoms with Crippen molar-refractivity contribution in [1.29, 1.82) is 0 Å². The van der Waals surface area contributed by atoms with Gasteiger partial charge in [-0.3, -0.25) is 14.7 Å². The lowest BCUT2D eigenvalue weighted by Crippen LogP contribution is -2.34. The quantitative estimate of drug-likeness (QED) is 0.480. The summed E-state index contributed by atoms with van der Waals surface area (Å²) in [6.07, 6.45) is 5.91. The van der Waals surface area contributed by atoms with Crippen molar-refractivity contribution >= 4 is 23.5 Å². The first-order valence-electron chi connectivity index (χ1n) is 11.1. The number of nitrogens with zero attached hydrogens (tertiary/aromatic N) is 2. The number of benzene rings is 2. The Kier molecular flexibility index (Phi) is 7.17. The summed E-state index contributed by atoms with van der Waals surface area (Å²) in [5.74, 6) is 0.584. The third kappa shape index (κ3) is 5.95. The van der Waals surface area contributed by atoms with Gasteiger partial charge in [0.15, 0.2) is 0 Å². The Labute approximate surface area is 188 Å². The van der Waals surface area contributed by atoms with E-state index in [1.54, 1.807) is 18.3 Å². The van der Waals surface area contributed by atoms with Crippen LogP contribution in [0.3, 0.4) is 0 Å². The second-order valence-corrected chi connectivity index (χ2v) is 8.23. The Morgan fingerprint density at radius 2 is 1.97 bits per heavy atom. The molecule has 2 aromatic rings. The molecule has 0 atom stereocenters. The molecule has 2 heterocycles. The molecule has 6 nitrogen and oxygen atoms in total. The molecule has 0 saturated heterocycles. The molecule has 2 aliphatic heterocycles. The molecule has 1 amide bonds. The number of amides is 1. The summed E-state index contributed by atoms with van der Waals surface area (Å²) in [6.45, 7) is 3.30. The van der Waals surface area contributed by atoms with Gasteiger partial charge in [0, 0.05) is 55.2 Å². The molecule has 0 saturated carbocycles. The number of ether oxygens (including phenoxy) is 1. The molecule has 0 fully saturated rings. The molecule has 3 N–H and O–H groups in total. The first-order chi connectivity index (χ1) is 15.6. The average Bonchev–Trinajstić information content (AvgIpc) is 2.79.